The molecule has 0 bridgehead atoms. The van der Waals surface area contributed by atoms with E-state index in [1.165, 1.54) is 13.2 Å². The van der Waals surface area contributed by atoms with Gasteiger partial charge in [0.1, 0.15) is 0 Å². The highest BCUT2D eigenvalue weighted by molar-refractivity contribution is 6.34. The summed E-state index contributed by atoms with van der Waals surface area (Å²) in [6, 6.07) is 9.27. The van der Waals surface area contributed by atoms with Gasteiger partial charge in [0.15, 0.2) is 11.6 Å². The number of hydrogen-bond acceptors (Lipinski definition) is 3. The number of halogens is 3. The van der Waals surface area contributed by atoms with Gasteiger partial charge in [0.2, 0.25) is 0 Å². The van der Waals surface area contributed by atoms with Crippen molar-refractivity contribution in [2.75, 3.05) is 7.11 Å². The van der Waals surface area contributed by atoms with Crippen molar-refractivity contribution in [3.05, 3.63) is 63.4 Å². The molecule has 0 spiro atoms. The van der Waals surface area contributed by atoms with Crippen molar-refractivity contribution in [2.24, 2.45) is 5.84 Å². The Labute approximate surface area is 126 Å². The Bertz CT molecular complexity index is 602. The minimum absolute atomic E-state index is 0.175. The molecule has 2 aromatic rings. The summed E-state index contributed by atoms with van der Waals surface area (Å²) in [6.07, 6.45) is 0. The quantitative estimate of drug-likeness (QED) is 0.668. The zero-order chi connectivity index (χ0) is 14.7. The molecule has 0 fully saturated rings. The lowest BCUT2D eigenvalue weighted by atomic mass is 9.99. The van der Waals surface area contributed by atoms with E-state index in [0.29, 0.717) is 15.6 Å². The number of nitrogens with one attached hydrogen (secondary N) is 1. The van der Waals surface area contributed by atoms with E-state index in [-0.39, 0.29) is 5.75 Å². The van der Waals surface area contributed by atoms with Crippen molar-refractivity contribution in [2.45, 2.75) is 6.04 Å². The van der Waals surface area contributed by atoms with Crippen LogP contribution in [0.4, 0.5) is 4.39 Å². The lowest BCUT2D eigenvalue weighted by Gasteiger charge is -2.18. The van der Waals surface area contributed by atoms with Crippen molar-refractivity contribution >= 4 is 23.2 Å². The van der Waals surface area contributed by atoms with Gasteiger partial charge in [-0.3, -0.25) is 5.84 Å². The second-order valence-corrected chi connectivity index (χ2v) is 5.07. The normalized spacial score (nSPS) is 12.2. The number of hydrogen-bond donors (Lipinski definition) is 2. The monoisotopic (exact) mass is 314 g/mol. The summed E-state index contributed by atoms with van der Waals surface area (Å²) in [5.41, 5.74) is 4.02. The number of ether oxygens (including phenoxy) is 1. The summed E-state index contributed by atoms with van der Waals surface area (Å²) >= 11 is 11.9. The molecule has 0 aliphatic rings. The van der Waals surface area contributed by atoms with Crippen LogP contribution in [0, 0.1) is 5.82 Å². The predicted octanol–water partition coefficient (Wildman–Crippen LogP) is 3.69. The zero-order valence-electron chi connectivity index (χ0n) is 10.7. The van der Waals surface area contributed by atoms with Gasteiger partial charge >= 0.3 is 0 Å². The molecule has 3 N–H and O–H groups in total. The third kappa shape index (κ3) is 3.22. The van der Waals surface area contributed by atoms with Crippen LogP contribution in [0.3, 0.4) is 0 Å². The topological polar surface area (TPSA) is 47.3 Å². The van der Waals surface area contributed by atoms with E-state index in [4.69, 9.17) is 33.8 Å². The average Bonchev–Trinajstić information content (AvgIpc) is 2.38. The molecule has 1 unspecified atom stereocenters. The maximum atomic E-state index is 13.8. The number of hydrazine groups is 1. The molecule has 6 heteroatoms. The minimum atomic E-state index is -0.460. The SMILES string of the molecule is COc1ccc(C(NN)c2cc(Cl)cc(Cl)c2)cc1F. The van der Waals surface area contributed by atoms with Crippen molar-refractivity contribution in [1.29, 1.82) is 0 Å². The summed E-state index contributed by atoms with van der Waals surface area (Å²) in [5.74, 6) is 5.28. The largest absolute Gasteiger partial charge is 0.494 e. The highest BCUT2D eigenvalue weighted by Gasteiger charge is 2.16. The Morgan fingerprint density at radius 3 is 2.25 bits per heavy atom. The molecular weight excluding hydrogens is 302 g/mol. The third-order valence-electron chi connectivity index (χ3n) is 2.89. The van der Waals surface area contributed by atoms with Crippen LogP contribution in [-0.2, 0) is 0 Å². The van der Waals surface area contributed by atoms with Gasteiger partial charge in [-0.1, -0.05) is 29.3 Å². The fraction of sp³-hybridized carbons (Fsp3) is 0.143. The van der Waals surface area contributed by atoms with Crippen molar-refractivity contribution in [3.63, 3.8) is 0 Å². The number of benzene rings is 2. The summed E-state index contributed by atoms with van der Waals surface area (Å²) in [4.78, 5) is 0. The smallest absolute Gasteiger partial charge is 0.165 e. The maximum absolute atomic E-state index is 13.8. The highest BCUT2D eigenvalue weighted by Crippen LogP contribution is 2.29. The molecule has 20 heavy (non-hydrogen) atoms. The Hall–Kier alpha value is -1.33. The van der Waals surface area contributed by atoms with Crippen LogP contribution in [0.1, 0.15) is 17.2 Å². The van der Waals surface area contributed by atoms with E-state index in [9.17, 15) is 4.39 Å². The number of methoxy groups -OCH3 is 1. The van der Waals surface area contributed by atoms with Crippen LogP contribution in [0.5, 0.6) is 5.75 Å². The molecule has 0 saturated heterocycles. The summed E-state index contributed by atoms with van der Waals surface area (Å²) in [7, 11) is 1.41. The standard InChI is InChI=1S/C14H13Cl2FN2O/c1-20-13-3-2-8(6-12(13)17)14(19-18)9-4-10(15)7-11(16)5-9/h2-7,14,19H,18H2,1H3. The summed E-state index contributed by atoms with van der Waals surface area (Å²) < 4.78 is 18.7. The number of nitrogens with two attached hydrogens (primary N) is 1. The van der Waals surface area contributed by atoms with Crippen LogP contribution >= 0.6 is 23.2 Å². The molecule has 3 nitrogen and oxygen atoms in total. The first-order valence-corrected chi connectivity index (χ1v) is 6.56. The van der Waals surface area contributed by atoms with Gasteiger partial charge in [0.05, 0.1) is 13.2 Å². The molecule has 1 atom stereocenters. The lowest BCUT2D eigenvalue weighted by molar-refractivity contribution is 0.385. The Balaban J connectivity index is 2.44. The summed E-state index contributed by atoms with van der Waals surface area (Å²) in [6.45, 7) is 0. The molecule has 0 heterocycles. The first-order valence-electron chi connectivity index (χ1n) is 5.80. The Kier molecular flexibility index (Phi) is 4.83. The van der Waals surface area contributed by atoms with E-state index >= 15 is 0 Å². The molecule has 106 valence electrons. The fourth-order valence-electron chi connectivity index (χ4n) is 1.99. The molecule has 0 aliphatic carbocycles. The molecule has 0 amide bonds. The van der Waals surface area contributed by atoms with E-state index < -0.39 is 11.9 Å². The Morgan fingerprint density at radius 1 is 1.10 bits per heavy atom. The minimum Gasteiger partial charge on any atom is -0.494 e. The molecule has 0 aliphatic heterocycles. The molecule has 2 aromatic carbocycles. The third-order valence-corrected chi connectivity index (χ3v) is 3.33. The van der Waals surface area contributed by atoms with Crippen LogP contribution in [0.2, 0.25) is 10.0 Å². The van der Waals surface area contributed by atoms with Crippen LogP contribution in [-0.4, -0.2) is 7.11 Å². The van der Waals surface area contributed by atoms with E-state index in [1.54, 1.807) is 30.3 Å². The van der Waals surface area contributed by atoms with Gasteiger partial charge in [0, 0.05) is 10.0 Å². The molecule has 0 aromatic heterocycles. The van der Waals surface area contributed by atoms with Crippen LogP contribution < -0.4 is 16.0 Å². The van der Waals surface area contributed by atoms with Crippen molar-refractivity contribution < 1.29 is 9.13 Å². The summed E-state index contributed by atoms with van der Waals surface area (Å²) in [5, 5.41) is 0.975. The average molecular weight is 315 g/mol. The Morgan fingerprint density at radius 2 is 1.75 bits per heavy atom. The van der Waals surface area contributed by atoms with Crippen molar-refractivity contribution in [3.8, 4) is 5.75 Å². The molecule has 2 rings (SSSR count). The van der Waals surface area contributed by atoms with Crippen LogP contribution in [0.25, 0.3) is 0 Å². The van der Waals surface area contributed by atoms with E-state index in [1.807, 2.05) is 0 Å². The number of rotatable bonds is 4. The van der Waals surface area contributed by atoms with Gasteiger partial charge in [-0.2, -0.15) is 0 Å². The van der Waals surface area contributed by atoms with Crippen LogP contribution in [0.15, 0.2) is 36.4 Å². The molecule has 0 radical (unpaired) electrons. The van der Waals surface area contributed by atoms with E-state index in [0.717, 1.165) is 5.56 Å². The molecular formula is C14H13Cl2FN2O. The fourth-order valence-corrected chi connectivity index (χ4v) is 2.53. The van der Waals surface area contributed by atoms with Gasteiger partial charge < -0.3 is 4.74 Å². The van der Waals surface area contributed by atoms with Gasteiger partial charge in [-0.05, 0) is 41.5 Å². The van der Waals surface area contributed by atoms with Crippen molar-refractivity contribution in [1.82, 2.24) is 5.43 Å². The van der Waals surface area contributed by atoms with Gasteiger partial charge in [0.25, 0.3) is 0 Å². The van der Waals surface area contributed by atoms with Gasteiger partial charge in [-0.15, -0.1) is 0 Å². The maximum Gasteiger partial charge on any atom is 0.165 e. The highest BCUT2D eigenvalue weighted by atomic mass is 35.5. The molecule has 0 saturated carbocycles. The first-order chi connectivity index (χ1) is 9.55. The van der Waals surface area contributed by atoms with E-state index in [2.05, 4.69) is 5.43 Å². The first kappa shape index (κ1) is 15.1. The lowest BCUT2D eigenvalue weighted by Crippen LogP contribution is -2.29. The van der Waals surface area contributed by atoms with Gasteiger partial charge in [-0.25, -0.2) is 9.82 Å². The second kappa shape index (κ2) is 6.41. The second-order valence-electron chi connectivity index (χ2n) is 4.20. The predicted molar refractivity (Wildman–Crippen MR) is 78.6 cm³/mol. The zero-order valence-corrected chi connectivity index (χ0v) is 12.2.